The number of non-ortho nitro benzene ring substituents is 1. The van der Waals surface area contributed by atoms with Gasteiger partial charge in [0.2, 0.25) is 5.91 Å². The molecule has 0 aliphatic carbocycles. The zero-order valence-corrected chi connectivity index (χ0v) is 14.4. The first-order valence-corrected chi connectivity index (χ1v) is 8.49. The number of carbonyl (C=O) groups is 1. The Hall–Kier alpha value is -3.49. The standard InChI is InChI=1S/C18H18N4O5/c23-18(19-14-4-3-5-15(12-14)21(24)25)13-8-10-20(11-9-13)16-6-1-2-7-17(16)22(26)27/h1-7,12-13H,8-11H2,(H,19,23). The minimum Gasteiger partial charge on any atom is -0.366 e. The number of rotatable bonds is 5. The highest BCUT2D eigenvalue weighted by molar-refractivity contribution is 5.93. The van der Waals surface area contributed by atoms with Crippen LogP contribution < -0.4 is 10.2 Å². The lowest BCUT2D eigenvalue weighted by molar-refractivity contribution is -0.384. The number of nitro groups is 2. The average Bonchev–Trinajstić information content (AvgIpc) is 2.68. The highest BCUT2D eigenvalue weighted by Crippen LogP contribution is 2.31. The fourth-order valence-corrected chi connectivity index (χ4v) is 3.21. The maximum absolute atomic E-state index is 12.5. The number of para-hydroxylation sites is 2. The summed E-state index contributed by atoms with van der Waals surface area (Å²) < 4.78 is 0. The van der Waals surface area contributed by atoms with E-state index >= 15 is 0 Å². The van der Waals surface area contributed by atoms with E-state index in [0.717, 1.165) is 0 Å². The Balaban J connectivity index is 1.62. The minimum absolute atomic E-state index is 0.0528. The molecule has 9 heteroatoms. The number of carbonyl (C=O) groups excluding carboxylic acids is 1. The van der Waals surface area contributed by atoms with Gasteiger partial charge in [-0.1, -0.05) is 18.2 Å². The number of nitrogens with one attached hydrogen (secondary N) is 1. The van der Waals surface area contributed by atoms with Crippen LogP contribution in [0.15, 0.2) is 48.5 Å². The van der Waals surface area contributed by atoms with Crippen LogP contribution in [0, 0.1) is 26.1 Å². The normalized spacial score (nSPS) is 14.6. The number of nitrogens with zero attached hydrogens (tertiary/aromatic N) is 3. The fourth-order valence-electron chi connectivity index (χ4n) is 3.21. The third kappa shape index (κ3) is 4.20. The van der Waals surface area contributed by atoms with E-state index in [2.05, 4.69) is 5.32 Å². The van der Waals surface area contributed by atoms with Gasteiger partial charge < -0.3 is 10.2 Å². The Morgan fingerprint density at radius 1 is 1.00 bits per heavy atom. The SMILES string of the molecule is O=C(Nc1cccc([N+](=O)[O-])c1)C1CCN(c2ccccc2[N+](=O)[O-])CC1. The maximum Gasteiger partial charge on any atom is 0.292 e. The second-order valence-corrected chi connectivity index (χ2v) is 6.30. The van der Waals surface area contributed by atoms with Crippen molar-refractivity contribution >= 4 is 28.7 Å². The summed E-state index contributed by atoms with van der Waals surface area (Å²) in [6, 6.07) is 12.4. The molecule has 1 heterocycles. The van der Waals surface area contributed by atoms with Crippen molar-refractivity contribution in [3.63, 3.8) is 0 Å². The van der Waals surface area contributed by atoms with E-state index in [4.69, 9.17) is 0 Å². The molecule has 27 heavy (non-hydrogen) atoms. The first-order valence-electron chi connectivity index (χ1n) is 8.49. The van der Waals surface area contributed by atoms with Crippen molar-refractivity contribution in [3.05, 3.63) is 68.8 Å². The number of hydrogen-bond acceptors (Lipinski definition) is 6. The van der Waals surface area contributed by atoms with Gasteiger partial charge in [0.05, 0.1) is 9.85 Å². The third-order valence-corrected chi connectivity index (χ3v) is 4.61. The molecule has 3 rings (SSSR count). The summed E-state index contributed by atoms with van der Waals surface area (Å²) in [5, 5.41) is 24.7. The molecule has 2 aromatic carbocycles. The van der Waals surface area contributed by atoms with Crippen LogP contribution in [0.2, 0.25) is 0 Å². The van der Waals surface area contributed by atoms with Crippen molar-refractivity contribution in [1.29, 1.82) is 0 Å². The summed E-state index contributed by atoms with van der Waals surface area (Å²) in [6.07, 6.45) is 1.10. The molecule has 9 nitrogen and oxygen atoms in total. The second-order valence-electron chi connectivity index (χ2n) is 6.30. The molecule has 1 saturated heterocycles. The van der Waals surface area contributed by atoms with Crippen LogP contribution in [0.3, 0.4) is 0 Å². The van der Waals surface area contributed by atoms with Gasteiger partial charge in [-0.15, -0.1) is 0 Å². The molecule has 1 aliphatic heterocycles. The lowest BCUT2D eigenvalue weighted by Crippen LogP contribution is -2.38. The van der Waals surface area contributed by atoms with Gasteiger partial charge in [-0.25, -0.2) is 0 Å². The molecule has 1 amide bonds. The molecule has 0 aromatic heterocycles. The number of amides is 1. The van der Waals surface area contributed by atoms with Crippen molar-refractivity contribution in [2.75, 3.05) is 23.3 Å². The van der Waals surface area contributed by atoms with Crippen molar-refractivity contribution in [2.24, 2.45) is 5.92 Å². The van der Waals surface area contributed by atoms with E-state index < -0.39 is 9.85 Å². The van der Waals surface area contributed by atoms with Gasteiger partial charge in [0.15, 0.2) is 0 Å². The summed E-state index contributed by atoms with van der Waals surface area (Å²) >= 11 is 0. The largest absolute Gasteiger partial charge is 0.366 e. The van der Waals surface area contributed by atoms with Gasteiger partial charge in [0.25, 0.3) is 11.4 Å². The highest BCUT2D eigenvalue weighted by Gasteiger charge is 2.28. The lowest BCUT2D eigenvalue weighted by Gasteiger charge is -2.32. The second kappa shape index (κ2) is 7.81. The first-order chi connectivity index (χ1) is 13.0. The van der Waals surface area contributed by atoms with Gasteiger partial charge in [-0.05, 0) is 25.0 Å². The zero-order chi connectivity index (χ0) is 19.4. The number of hydrogen-bond donors (Lipinski definition) is 1. The predicted molar refractivity (Wildman–Crippen MR) is 99.8 cm³/mol. The van der Waals surface area contributed by atoms with Crippen molar-refractivity contribution < 1.29 is 14.6 Å². The molecule has 1 fully saturated rings. The Bertz CT molecular complexity index is 878. The van der Waals surface area contributed by atoms with E-state index in [9.17, 15) is 25.0 Å². The minimum atomic E-state index is -0.513. The molecule has 0 unspecified atom stereocenters. The predicted octanol–water partition coefficient (Wildman–Crippen LogP) is 3.36. The van der Waals surface area contributed by atoms with Crippen LogP contribution in [0.25, 0.3) is 0 Å². The molecule has 2 aromatic rings. The van der Waals surface area contributed by atoms with Crippen LogP contribution in [-0.4, -0.2) is 28.8 Å². The quantitative estimate of drug-likeness (QED) is 0.637. The van der Waals surface area contributed by atoms with Crippen molar-refractivity contribution in [2.45, 2.75) is 12.8 Å². The van der Waals surface area contributed by atoms with Gasteiger partial charge in [0.1, 0.15) is 5.69 Å². The fraction of sp³-hybridized carbons (Fsp3) is 0.278. The zero-order valence-electron chi connectivity index (χ0n) is 14.4. The molecule has 0 bridgehead atoms. The van der Waals surface area contributed by atoms with E-state index in [0.29, 0.717) is 37.3 Å². The molecule has 140 valence electrons. The lowest BCUT2D eigenvalue weighted by atomic mass is 9.95. The van der Waals surface area contributed by atoms with Crippen molar-refractivity contribution in [1.82, 2.24) is 0 Å². The Labute approximate surface area is 154 Å². The summed E-state index contributed by atoms with van der Waals surface area (Å²) in [6.45, 7) is 1.05. The molecular weight excluding hydrogens is 352 g/mol. The monoisotopic (exact) mass is 370 g/mol. The molecule has 1 aliphatic rings. The summed E-state index contributed by atoms with van der Waals surface area (Å²) in [5.74, 6) is -0.444. The summed E-state index contributed by atoms with van der Waals surface area (Å²) in [4.78, 5) is 35.5. The van der Waals surface area contributed by atoms with Crippen LogP contribution in [-0.2, 0) is 4.79 Å². The number of anilines is 2. The molecule has 1 N–H and O–H groups in total. The topological polar surface area (TPSA) is 119 Å². The van der Waals surface area contributed by atoms with Crippen LogP contribution in [0.4, 0.5) is 22.7 Å². The number of piperidine rings is 1. The summed E-state index contributed by atoms with van der Waals surface area (Å²) in [7, 11) is 0. The number of benzene rings is 2. The molecule has 0 radical (unpaired) electrons. The van der Waals surface area contributed by atoms with Gasteiger partial charge in [0, 0.05) is 42.9 Å². The van der Waals surface area contributed by atoms with Gasteiger partial charge in [-0.3, -0.25) is 25.0 Å². The Morgan fingerprint density at radius 3 is 2.37 bits per heavy atom. The average molecular weight is 370 g/mol. The molecule has 0 spiro atoms. The van der Waals surface area contributed by atoms with E-state index in [-0.39, 0.29) is 23.2 Å². The van der Waals surface area contributed by atoms with E-state index in [1.807, 2.05) is 4.90 Å². The molecular formula is C18H18N4O5. The van der Waals surface area contributed by atoms with Crippen LogP contribution in [0.5, 0.6) is 0 Å². The van der Waals surface area contributed by atoms with E-state index in [1.165, 1.54) is 24.3 Å². The van der Waals surface area contributed by atoms with Gasteiger partial charge in [-0.2, -0.15) is 0 Å². The smallest absolute Gasteiger partial charge is 0.292 e. The first kappa shape index (κ1) is 18.3. The summed E-state index contributed by atoms with van der Waals surface area (Å²) in [5.41, 5.74) is 0.909. The van der Waals surface area contributed by atoms with Crippen molar-refractivity contribution in [3.8, 4) is 0 Å². The van der Waals surface area contributed by atoms with Gasteiger partial charge >= 0.3 is 0 Å². The maximum atomic E-state index is 12.5. The third-order valence-electron chi connectivity index (χ3n) is 4.61. The van der Waals surface area contributed by atoms with E-state index in [1.54, 1.807) is 24.3 Å². The molecule has 0 atom stereocenters. The van der Waals surface area contributed by atoms with Crippen LogP contribution in [0.1, 0.15) is 12.8 Å². The number of nitro benzene ring substituents is 2. The molecule has 0 saturated carbocycles. The Morgan fingerprint density at radius 2 is 1.70 bits per heavy atom. The Kier molecular flexibility index (Phi) is 5.30. The van der Waals surface area contributed by atoms with Crippen LogP contribution >= 0.6 is 0 Å². The highest BCUT2D eigenvalue weighted by atomic mass is 16.6.